The van der Waals surface area contributed by atoms with Crippen molar-refractivity contribution < 1.29 is 0 Å². The summed E-state index contributed by atoms with van der Waals surface area (Å²) >= 11 is 7.45. The van der Waals surface area contributed by atoms with Crippen molar-refractivity contribution in [1.29, 1.82) is 0 Å². The summed E-state index contributed by atoms with van der Waals surface area (Å²) in [6.07, 6.45) is 8.78. The van der Waals surface area contributed by atoms with E-state index in [1.165, 1.54) is 47.4 Å². The molecule has 1 aliphatic rings. The molecule has 0 aromatic carbocycles. The van der Waals surface area contributed by atoms with Gasteiger partial charge >= 0.3 is 0 Å². The zero-order chi connectivity index (χ0) is 12.1. The van der Waals surface area contributed by atoms with Crippen LogP contribution in [0.3, 0.4) is 0 Å². The molecule has 4 rings (SSSR count). The highest BCUT2D eigenvalue weighted by atomic mass is 35.5. The van der Waals surface area contributed by atoms with Crippen molar-refractivity contribution in [2.75, 3.05) is 0 Å². The third kappa shape index (κ3) is 1.40. The van der Waals surface area contributed by atoms with E-state index in [0.29, 0.717) is 11.3 Å². The van der Waals surface area contributed by atoms with E-state index >= 15 is 0 Å². The molecule has 18 heavy (non-hydrogen) atoms. The first-order valence-electron chi connectivity index (χ1n) is 6.11. The van der Waals surface area contributed by atoms with E-state index in [2.05, 4.69) is 18.9 Å². The minimum absolute atomic E-state index is 0.319. The Balaban J connectivity index is 2.10. The molecule has 3 aromatic heterocycles. The third-order valence-electron chi connectivity index (χ3n) is 3.71. The van der Waals surface area contributed by atoms with Crippen LogP contribution in [0.5, 0.6) is 0 Å². The van der Waals surface area contributed by atoms with Crippen molar-refractivity contribution in [2.24, 2.45) is 0 Å². The average molecular weight is 279 g/mol. The third-order valence-corrected chi connectivity index (χ3v) is 4.72. The second kappa shape index (κ2) is 3.90. The monoisotopic (exact) mass is 278 g/mol. The molecule has 0 saturated heterocycles. The van der Waals surface area contributed by atoms with Crippen molar-refractivity contribution in [3.8, 4) is 0 Å². The quantitative estimate of drug-likeness (QED) is 0.636. The molecule has 3 aromatic rings. The molecule has 0 spiro atoms. The van der Waals surface area contributed by atoms with Crippen LogP contribution in [0.25, 0.3) is 21.3 Å². The minimum atomic E-state index is 0.319. The smallest absolute Gasteiger partial charge is 0.224 e. The Morgan fingerprint density at radius 3 is 2.94 bits per heavy atom. The molecular formula is C12H11ClN4S. The maximum atomic E-state index is 5.94. The number of hydrogen-bond donors (Lipinski definition) is 0. The Morgan fingerprint density at radius 1 is 1.28 bits per heavy atom. The molecule has 6 heteroatoms. The molecule has 0 amide bonds. The van der Waals surface area contributed by atoms with E-state index in [1.807, 2.05) is 12.4 Å². The molecule has 1 aliphatic carbocycles. The van der Waals surface area contributed by atoms with E-state index < -0.39 is 0 Å². The van der Waals surface area contributed by atoms with Gasteiger partial charge in [-0.05, 0) is 36.0 Å². The predicted octanol–water partition coefficient (Wildman–Crippen LogP) is 3.81. The zero-order valence-electron chi connectivity index (χ0n) is 9.64. The van der Waals surface area contributed by atoms with Crippen LogP contribution in [0.1, 0.15) is 31.7 Å². The Hall–Kier alpha value is -1.20. The lowest BCUT2D eigenvalue weighted by Crippen LogP contribution is -2.05. The first-order valence-corrected chi connectivity index (χ1v) is 7.26. The second-order valence-corrected chi connectivity index (χ2v) is 5.86. The summed E-state index contributed by atoms with van der Waals surface area (Å²) in [5, 5.41) is 1.39. The normalized spacial score (nSPS) is 17.2. The molecule has 0 bridgehead atoms. The number of aromatic nitrogens is 4. The lowest BCUT2D eigenvalue weighted by atomic mass is 10.2. The van der Waals surface area contributed by atoms with Gasteiger partial charge in [0.25, 0.3) is 0 Å². The van der Waals surface area contributed by atoms with Crippen molar-refractivity contribution >= 4 is 44.4 Å². The van der Waals surface area contributed by atoms with Gasteiger partial charge in [0.1, 0.15) is 5.65 Å². The van der Waals surface area contributed by atoms with Gasteiger partial charge in [0, 0.05) is 12.2 Å². The molecule has 0 atom stereocenters. The number of hydrogen-bond acceptors (Lipinski definition) is 4. The van der Waals surface area contributed by atoms with Crippen molar-refractivity contribution in [3.05, 3.63) is 17.7 Å². The molecule has 3 heterocycles. The van der Waals surface area contributed by atoms with E-state index in [9.17, 15) is 0 Å². The van der Waals surface area contributed by atoms with E-state index in [4.69, 9.17) is 11.6 Å². The Kier molecular flexibility index (Phi) is 2.32. The number of halogens is 1. The topological polar surface area (TPSA) is 43.6 Å². The molecule has 1 fully saturated rings. The largest absolute Gasteiger partial charge is 0.320 e. The van der Waals surface area contributed by atoms with Crippen LogP contribution in [-0.4, -0.2) is 18.9 Å². The highest BCUT2D eigenvalue weighted by Crippen LogP contribution is 2.38. The van der Waals surface area contributed by atoms with Crippen LogP contribution in [-0.2, 0) is 0 Å². The van der Waals surface area contributed by atoms with Gasteiger partial charge in [-0.1, -0.05) is 12.8 Å². The molecule has 0 N–H and O–H groups in total. The minimum Gasteiger partial charge on any atom is -0.320 e. The van der Waals surface area contributed by atoms with Crippen molar-refractivity contribution in [1.82, 2.24) is 18.9 Å². The van der Waals surface area contributed by atoms with Crippen LogP contribution < -0.4 is 0 Å². The summed E-state index contributed by atoms with van der Waals surface area (Å²) in [5.74, 6) is 0. The Labute approximate surface area is 113 Å². The standard InChI is InChI=1S/C12H11ClN4S/c13-12-14-5-8-10-9(6-15-18-10)17(11(8)16-12)7-3-1-2-4-7/h5-7H,1-4H2. The first kappa shape index (κ1) is 10.7. The maximum Gasteiger partial charge on any atom is 0.224 e. The summed E-state index contributed by atoms with van der Waals surface area (Å²) in [7, 11) is 0. The van der Waals surface area contributed by atoms with Gasteiger partial charge in [-0.3, -0.25) is 0 Å². The van der Waals surface area contributed by atoms with Crippen molar-refractivity contribution in [3.63, 3.8) is 0 Å². The molecule has 4 nitrogen and oxygen atoms in total. The molecule has 0 aliphatic heterocycles. The number of rotatable bonds is 1. The van der Waals surface area contributed by atoms with Gasteiger partial charge in [0.05, 0.1) is 21.8 Å². The van der Waals surface area contributed by atoms with Crippen LogP contribution in [0.15, 0.2) is 12.4 Å². The number of nitrogens with zero attached hydrogens (tertiary/aromatic N) is 4. The summed E-state index contributed by atoms with van der Waals surface area (Å²) in [5.41, 5.74) is 2.14. The number of fused-ring (bicyclic) bond motifs is 3. The first-order chi connectivity index (χ1) is 8.84. The fraction of sp³-hybridized carbons (Fsp3) is 0.417. The van der Waals surface area contributed by atoms with Gasteiger partial charge in [0.2, 0.25) is 5.28 Å². The zero-order valence-corrected chi connectivity index (χ0v) is 11.2. The second-order valence-electron chi connectivity index (χ2n) is 4.72. The van der Waals surface area contributed by atoms with Crippen molar-refractivity contribution in [2.45, 2.75) is 31.7 Å². The van der Waals surface area contributed by atoms with Gasteiger partial charge in [0.15, 0.2) is 0 Å². The van der Waals surface area contributed by atoms with E-state index in [-0.39, 0.29) is 0 Å². The molecule has 1 saturated carbocycles. The van der Waals surface area contributed by atoms with Crippen LogP contribution in [0.4, 0.5) is 0 Å². The molecule has 0 unspecified atom stereocenters. The Bertz CT molecular complexity index is 726. The molecule has 0 radical (unpaired) electrons. The van der Waals surface area contributed by atoms with Gasteiger partial charge in [-0.2, -0.15) is 9.36 Å². The Morgan fingerprint density at radius 2 is 2.11 bits per heavy atom. The molecular weight excluding hydrogens is 268 g/mol. The van der Waals surface area contributed by atoms with Crippen LogP contribution in [0.2, 0.25) is 5.28 Å². The van der Waals surface area contributed by atoms with E-state index in [0.717, 1.165) is 11.0 Å². The average Bonchev–Trinajstić information content (AvgIpc) is 3.02. The lowest BCUT2D eigenvalue weighted by molar-refractivity contribution is 0.547. The SMILES string of the molecule is Clc1ncc2c3sncc3n(C3CCCC3)c2n1. The summed E-state index contributed by atoms with van der Waals surface area (Å²) in [6.45, 7) is 0. The summed E-state index contributed by atoms with van der Waals surface area (Å²) < 4.78 is 7.79. The summed E-state index contributed by atoms with van der Waals surface area (Å²) in [6, 6.07) is 0.535. The summed E-state index contributed by atoms with van der Waals surface area (Å²) in [4.78, 5) is 8.52. The van der Waals surface area contributed by atoms with Gasteiger partial charge in [-0.25, -0.2) is 4.98 Å². The van der Waals surface area contributed by atoms with Gasteiger partial charge < -0.3 is 4.57 Å². The lowest BCUT2D eigenvalue weighted by Gasteiger charge is -2.13. The fourth-order valence-corrected chi connectivity index (χ4v) is 3.81. The van der Waals surface area contributed by atoms with E-state index in [1.54, 1.807) is 0 Å². The predicted molar refractivity (Wildman–Crippen MR) is 73.2 cm³/mol. The maximum absolute atomic E-state index is 5.94. The molecule has 92 valence electrons. The highest BCUT2D eigenvalue weighted by molar-refractivity contribution is 7.14. The highest BCUT2D eigenvalue weighted by Gasteiger charge is 2.23. The van der Waals surface area contributed by atoms with Crippen LogP contribution >= 0.6 is 23.1 Å². The fourth-order valence-electron chi connectivity index (χ4n) is 2.94. The van der Waals surface area contributed by atoms with Crippen LogP contribution in [0, 0.1) is 0 Å². The van der Waals surface area contributed by atoms with Gasteiger partial charge in [-0.15, -0.1) is 0 Å².